The van der Waals surface area contributed by atoms with E-state index in [1.54, 1.807) is 7.11 Å². The third-order valence-corrected chi connectivity index (χ3v) is 7.19. The van der Waals surface area contributed by atoms with Crippen molar-refractivity contribution in [3.8, 4) is 5.75 Å². The highest BCUT2D eigenvalue weighted by Gasteiger charge is 2.63. The summed E-state index contributed by atoms with van der Waals surface area (Å²) >= 11 is 0. The Labute approximate surface area is 163 Å². The molecule has 0 bridgehead atoms. The molecule has 2 fully saturated rings. The molecule has 0 spiro atoms. The van der Waals surface area contributed by atoms with Gasteiger partial charge in [-0.1, -0.05) is 25.1 Å². The van der Waals surface area contributed by atoms with Crippen molar-refractivity contribution in [1.29, 1.82) is 0 Å². The van der Waals surface area contributed by atoms with Crippen LogP contribution < -0.4 is 4.74 Å². The van der Waals surface area contributed by atoms with Crippen LogP contribution in [0.25, 0.3) is 0 Å². The van der Waals surface area contributed by atoms with Crippen LogP contribution in [0, 0.1) is 11.8 Å². The van der Waals surface area contributed by atoms with Crippen molar-refractivity contribution in [1.82, 2.24) is 0 Å². The lowest BCUT2D eigenvalue weighted by atomic mass is 9.86. The Morgan fingerprint density at radius 3 is 2.67 bits per heavy atom. The van der Waals surface area contributed by atoms with Gasteiger partial charge in [0.15, 0.2) is 0 Å². The van der Waals surface area contributed by atoms with Gasteiger partial charge in [-0.2, -0.15) is 0 Å². The van der Waals surface area contributed by atoms with E-state index in [9.17, 15) is 0 Å². The van der Waals surface area contributed by atoms with Crippen molar-refractivity contribution >= 4 is 8.56 Å². The molecule has 2 aliphatic rings. The first-order valence-corrected chi connectivity index (χ1v) is 12.4. The molecule has 150 valence electrons. The Balaban J connectivity index is 1.52. The number of ether oxygens (including phenoxy) is 3. The van der Waals surface area contributed by atoms with E-state index in [1.165, 1.54) is 0 Å². The van der Waals surface area contributed by atoms with E-state index < -0.39 is 8.56 Å². The highest BCUT2D eigenvalue weighted by Crippen LogP contribution is 2.49. The lowest BCUT2D eigenvalue weighted by Gasteiger charge is -2.41. The van der Waals surface area contributed by atoms with E-state index in [2.05, 4.69) is 33.5 Å². The molecule has 5 nitrogen and oxygen atoms in total. The normalized spacial score (nSPS) is 33.3. The van der Waals surface area contributed by atoms with Gasteiger partial charge in [-0.25, -0.2) is 0 Å². The van der Waals surface area contributed by atoms with Crippen LogP contribution >= 0.6 is 0 Å². The fourth-order valence-electron chi connectivity index (χ4n) is 3.87. The van der Waals surface area contributed by atoms with Crippen LogP contribution in [0.4, 0.5) is 0 Å². The second-order valence-corrected chi connectivity index (χ2v) is 11.5. The molecular weight excluding hydrogens is 360 g/mol. The maximum absolute atomic E-state index is 6.35. The minimum atomic E-state index is -2.09. The molecule has 1 aromatic carbocycles. The molecule has 5 atom stereocenters. The number of epoxide rings is 1. The summed E-state index contributed by atoms with van der Waals surface area (Å²) in [6.45, 7) is 14.3. The molecule has 0 saturated carbocycles. The molecule has 2 heterocycles. The molecule has 1 aromatic rings. The van der Waals surface area contributed by atoms with Gasteiger partial charge < -0.3 is 23.1 Å². The fraction of sp³-hybridized carbons (Fsp3) is 0.619. The van der Waals surface area contributed by atoms with E-state index in [0.29, 0.717) is 19.8 Å². The first-order chi connectivity index (χ1) is 12.8. The van der Waals surface area contributed by atoms with Gasteiger partial charge in [0, 0.05) is 18.4 Å². The molecule has 2 saturated heterocycles. The maximum Gasteiger partial charge on any atom is 0.332 e. The predicted octanol–water partition coefficient (Wildman–Crippen LogP) is 3.92. The minimum Gasteiger partial charge on any atom is -0.497 e. The molecular formula is C21H32O5Si. The van der Waals surface area contributed by atoms with Crippen molar-refractivity contribution in [3.05, 3.63) is 42.5 Å². The highest BCUT2D eigenvalue weighted by molar-refractivity contribution is 6.64. The van der Waals surface area contributed by atoms with Crippen LogP contribution in [0.15, 0.2) is 36.9 Å². The largest absolute Gasteiger partial charge is 0.497 e. The summed E-state index contributed by atoms with van der Waals surface area (Å²) in [6, 6.07) is 7.95. The molecule has 0 N–H and O–H groups in total. The summed E-state index contributed by atoms with van der Waals surface area (Å²) in [5.74, 6) is 1.30. The van der Waals surface area contributed by atoms with Crippen LogP contribution in [0.2, 0.25) is 13.1 Å². The van der Waals surface area contributed by atoms with Crippen molar-refractivity contribution in [2.75, 3.05) is 20.3 Å². The zero-order valence-electron chi connectivity index (χ0n) is 17.1. The van der Waals surface area contributed by atoms with Gasteiger partial charge in [0.25, 0.3) is 0 Å². The molecule has 0 unspecified atom stereocenters. The zero-order valence-corrected chi connectivity index (χ0v) is 18.1. The Morgan fingerprint density at radius 1 is 1.33 bits per heavy atom. The Kier molecular flexibility index (Phi) is 6.13. The summed E-state index contributed by atoms with van der Waals surface area (Å²) in [5.41, 5.74) is 0.838. The smallest absolute Gasteiger partial charge is 0.332 e. The Morgan fingerprint density at radius 2 is 2.04 bits per heavy atom. The quantitative estimate of drug-likeness (QED) is 0.381. The summed E-state index contributed by atoms with van der Waals surface area (Å²) in [5, 5.41) is 0. The van der Waals surface area contributed by atoms with E-state index in [0.717, 1.165) is 11.3 Å². The average molecular weight is 393 g/mol. The van der Waals surface area contributed by atoms with Crippen molar-refractivity contribution < 1.29 is 23.1 Å². The zero-order chi connectivity index (χ0) is 19.7. The molecule has 0 amide bonds. The summed E-state index contributed by atoms with van der Waals surface area (Å²) in [7, 11) is -0.423. The number of rotatable bonds is 8. The molecule has 0 aliphatic carbocycles. The van der Waals surface area contributed by atoms with Crippen LogP contribution in [0.5, 0.6) is 5.75 Å². The van der Waals surface area contributed by atoms with E-state index >= 15 is 0 Å². The van der Waals surface area contributed by atoms with Gasteiger partial charge in [0.1, 0.15) is 11.4 Å². The van der Waals surface area contributed by atoms with Crippen LogP contribution in [-0.4, -0.2) is 46.7 Å². The summed E-state index contributed by atoms with van der Waals surface area (Å²) in [6.07, 6.45) is 2.06. The second-order valence-electron chi connectivity index (χ2n) is 8.21. The fourth-order valence-corrected chi connectivity index (χ4v) is 5.55. The number of hydrogen-bond donors (Lipinski definition) is 0. The number of methoxy groups -OCH3 is 1. The lowest BCUT2D eigenvalue weighted by Crippen LogP contribution is -2.54. The van der Waals surface area contributed by atoms with E-state index in [-0.39, 0.29) is 29.6 Å². The van der Waals surface area contributed by atoms with Gasteiger partial charge in [-0.3, -0.25) is 0 Å². The molecule has 3 rings (SSSR count). The first kappa shape index (κ1) is 20.5. The third kappa shape index (κ3) is 4.63. The standard InChI is InChI=1S/C21H32O5Si/c1-7-17-14-24-27(5,6)26-20(17)21(3)19(25-21)15(2)12-23-13-16-8-10-18(22-4)11-9-16/h7-11,15,17,19-20H,1,12-14H2,2-6H3/t15-,17-,19+,20-,21+/m0/s1. The van der Waals surface area contributed by atoms with Gasteiger partial charge in [0.05, 0.1) is 32.5 Å². The topological polar surface area (TPSA) is 49.5 Å². The molecule has 2 aliphatic heterocycles. The monoisotopic (exact) mass is 392 g/mol. The highest BCUT2D eigenvalue weighted by atomic mass is 28.4. The van der Waals surface area contributed by atoms with Crippen LogP contribution in [0.1, 0.15) is 19.4 Å². The number of benzene rings is 1. The van der Waals surface area contributed by atoms with E-state index in [1.807, 2.05) is 30.3 Å². The predicted molar refractivity (Wildman–Crippen MR) is 107 cm³/mol. The van der Waals surface area contributed by atoms with Crippen molar-refractivity contribution in [2.24, 2.45) is 11.8 Å². The average Bonchev–Trinajstić information content (AvgIpc) is 3.35. The van der Waals surface area contributed by atoms with E-state index in [4.69, 9.17) is 23.1 Å². The molecule has 0 radical (unpaired) electrons. The van der Waals surface area contributed by atoms with Crippen LogP contribution in [-0.2, 0) is 24.9 Å². The second kappa shape index (κ2) is 8.05. The van der Waals surface area contributed by atoms with Crippen molar-refractivity contribution in [3.63, 3.8) is 0 Å². The van der Waals surface area contributed by atoms with Gasteiger partial charge in [-0.05, 0) is 37.7 Å². The number of hydrogen-bond acceptors (Lipinski definition) is 5. The summed E-state index contributed by atoms with van der Waals surface area (Å²) in [4.78, 5) is 0. The van der Waals surface area contributed by atoms with Gasteiger partial charge >= 0.3 is 8.56 Å². The van der Waals surface area contributed by atoms with Crippen molar-refractivity contribution in [2.45, 2.75) is 51.4 Å². The Bertz CT molecular complexity index is 646. The van der Waals surface area contributed by atoms with Crippen LogP contribution in [0.3, 0.4) is 0 Å². The van der Waals surface area contributed by atoms with Gasteiger partial charge in [0.2, 0.25) is 0 Å². The molecule has 0 aromatic heterocycles. The first-order valence-electron chi connectivity index (χ1n) is 9.62. The SMILES string of the molecule is C=C[C@H]1CO[Si](C)(C)O[C@@H]1[C@]1(C)O[C@@H]1[C@@H](C)COCc1ccc(OC)cc1. The molecule has 27 heavy (non-hydrogen) atoms. The third-order valence-electron chi connectivity index (χ3n) is 5.50. The summed E-state index contributed by atoms with van der Waals surface area (Å²) < 4.78 is 29.5. The minimum absolute atomic E-state index is 0.000505. The molecule has 6 heteroatoms. The lowest BCUT2D eigenvalue weighted by molar-refractivity contribution is -0.0209. The maximum atomic E-state index is 6.35. The Hall–Kier alpha value is -1.18. The van der Waals surface area contributed by atoms with Gasteiger partial charge in [-0.15, -0.1) is 6.58 Å².